The molecule has 3 atom stereocenters. The third kappa shape index (κ3) is 4.24. The van der Waals surface area contributed by atoms with E-state index in [0.29, 0.717) is 11.8 Å². The van der Waals surface area contributed by atoms with Crippen molar-refractivity contribution in [1.29, 1.82) is 0 Å². The van der Waals surface area contributed by atoms with Crippen molar-refractivity contribution in [2.45, 2.75) is 64.4 Å². The third-order valence-electron chi connectivity index (χ3n) is 6.28. The molecule has 1 nitrogen and oxygen atoms in total. The highest BCUT2D eigenvalue weighted by Gasteiger charge is 2.28. The normalized spacial score (nSPS) is 20.6. The lowest BCUT2D eigenvalue weighted by Gasteiger charge is -2.19. The summed E-state index contributed by atoms with van der Waals surface area (Å²) in [5.74, 6) is 3.11. The van der Waals surface area contributed by atoms with Gasteiger partial charge >= 0.3 is 0 Å². The quantitative estimate of drug-likeness (QED) is 0.430. The number of benzene rings is 3. The molecule has 146 valence electrons. The lowest BCUT2D eigenvalue weighted by atomic mass is 9.86. The van der Waals surface area contributed by atoms with Crippen molar-refractivity contribution in [3.63, 3.8) is 0 Å². The highest BCUT2D eigenvalue weighted by molar-refractivity contribution is 5.86. The smallest absolute Gasteiger partial charge is 0.119 e. The molecule has 0 heterocycles. The van der Waals surface area contributed by atoms with Gasteiger partial charge in [0.25, 0.3) is 0 Å². The van der Waals surface area contributed by atoms with Gasteiger partial charge in [-0.3, -0.25) is 0 Å². The Morgan fingerprint density at radius 1 is 0.893 bits per heavy atom. The van der Waals surface area contributed by atoms with Crippen molar-refractivity contribution in [2.75, 3.05) is 0 Å². The molecule has 4 rings (SSSR count). The van der Waals surface area contributed by atoms with Crippen LogP contribution in [0.3, 0.4) is 0 Å². The van der Waals surface area contributed by atoms with Gasteiger partial charge in [0.2, 0.25) is 0 Å². The third-order valence-corrected chi connectivity index (χ3v) is 6.28. The van der Waals surface area contributed by atoms with Gasteiger partial charge in [-0.2, -0.15) is 0 Å². The van der Waals surface area contributed by atoms with E-state index in [4.69, 9.17) is 4.74 Å². The summed E-state index contributed by atoms with van der Waals surface area (Å²) in [6.45, 7) is 6.59. The summed E-state index contributed by atoms with van der Waals surface area (Å²) in [5, 5.41) is 2.78. The van der Waals surface area contributed by atoms with Crippen LogP contribution in [-0.4, -0.2) is 6.10 Å². The average molecular weight is 373 g/mol. The zero-order valence-corrected chi connectivity index (χ0v) is 17.4. The standard InChI is InChI=1S/C27H32O/c1-19(2)28-25-11-6-10-23(18-25)24-15-14-21(17-24)16-20(3)26-13-7-9-22-8-4-5-12-27(22)26/h4-13,18-21,24H,14-17H2,1-3H3/t20-,21+,24+/m0/s1. The molecule has 0 bridgehead atoms. The molecule has 0 aromatic heterocycles. The van der Waals surface area contributed by atoms with Gasteiger partial charge in [0, 0.05) is 0 Å². The molecular formula is C27H32O. The van der Waals surface area contributed by atoms with E-state index in [1.807, 2.05) is 0 Å². The van der Waals surface area contributed by atoms with Gasteiger partial charge in [0.1, 0.15) is 5.75 Å². The number of fused-ring (bicyclic) bond motifs is 1. The predicted octanol–water partition coefficient (Wildman–Crippen LogP) is 7.70. The van der Waals surface area contributed by atoms with Gasteiger partial charge < -0.3 is 4.74 Å². The Morgan fingerprint density at radius 2 is 1.68 bits per heavy atom. The summed E-state index contributed by atoms with van der Waals surface area (Å²) >= 11 is 0. The van der Waals surface area contributed by atoms with Crippen LogP contribution < -0.4 is 4.74 Å². The van der Waals surface area contributed by atoms with Crippen LogP contribution in [0.5, 0.6) is 5.75 Å². The molecule has 0 saturated heterocycles. The molecule has 3 aromatic carbocycles. The number of rotatable bonds is 6. The van der Waals surface area contributed by atoms with Crippen molar-refractivity contribution in [1.82, 2.24) is 0 Å². The lowest BCUT2D eigenvalue weighted by molar-refractivity contribution is 0.242. The van der Waals surface area contributed by atoms with Gasteiger partial charge in [-0.25, -0.2) is 0 Å². The molecule has 1 aliphatic carbocycles. The molecule has 0 spiro atoms. The van der Waals surface area contributed by atoms with Crippen molar-refractivity contribution in [3.05, 3.63) is 77.9 Å². The first-order valence-electron chi connectivity index (χ1n) is 10.8. The van der Waals surface area contributed by atoms with E-state index in [1.165, 1.54) is 47.6 Å². The molecule has 1 fully saturated rings. The number of hydrogen-bond acceptors (Lipinski definition) is 1. The first-order valence-corrected chi connectivity index (χ1v) is 10.8. The second kappa shape index (κ2) is 8.39. The molecule has 1 saturated carbocycles. The lowest BCUT2D eigenvalue weighted by Crippen LogP contribution is -2.06. The molecule has 0 radical (unpaired) electrons. The average Bonchev–Trinajstić information content (AvgIpc) is 3.16. The molecule has 0 N–H and O–H groups in total. The summed E-state index contributed by atoms with van der Waals surface area (Å²) in [6, 6.07) is 24.3. The van der Waals surface area contributed by atoms with Crippen molar-refractivity contribution in [2.24, 2.45) is 5.92 Å². The number of ether oxygens (including phenoxy) is 1. The topological polar surface area (TPSA) is 9.23 Å². The van der Waals surface area contributed by atoms with E-state index < -0.39 is 0 Å². The summed E-state index contributed by atoms with van der Waals surface area (Å²) in [5.41, 5.74) is 2.97. The fourth-order valence-electron chi connectivity index (χ4n) is 5.01. The monoisotopic (exact) mass is 372 g/mol. The van der Waals surface area contributed by atoms with E-state index >= 15 is 0 Å². The summed E-state index contributed by atoms with van der Waals surface area (Å²) in [7, 11) is 0. The fraction of sp³-hybridized carbons (Fsp3) is 0.407. The Balaban J connectivity index is 1.43. The van der Waals surface area contributed by atoms with Crippen molar-refractivity contribution < 1.29 is 4.74 Å². The first kappa shape index (κ1) is 19.1. The van der Waals surface area contributed by atoms with E-state index in [9.17, 15) is 0 Å². The van der Waals surface area contributed by atoms with E-state index in [1.54, 1.807) is 0 Å². The fourth-order valence-corrected chi connectivity index (χ4v) is 5.01. The van der Waals surface area contributed by atoms with Gasteiger partial charge in [-0.05, 0) is 91.3 Å². The van der Waals surface area contributed by atoms with Crippen LogP contribution in [0, 0.1) is 5.92 Å². The molecule has 0 unspecified atom stereocenters. The Bertz CT molecular complexity index is 921. The van der Waals surface area contributed by atoms with Gasteiger partial charge in [-0.1, -0.05) is 61.5 Å². The van der Waals surface area contributed by atoms with Crippen LogP contribution in [0.15, 0.2) is 66.7 Å². The largest absolute Gasteiger partial charge is 0.491 e. The summed E-state index contributed by atoms with van der Waals surface area (Å²) in [4.78, 5) is 0. The first-order chi connectivity index (χ1) is 13.6. The zero-order chi connectivity index (χ0) is 19.5. The van der Waals surface area contributed by atoms with Gasteiger partial charge in [-0.15, -0.1) is 0 Å². The van der Waals surface area contributed by atoms with Gasteiger partial charge in [0.05, 0.1) is 6.10 Å². The predicted molar refractivity (Wildman–Crippen MR) is 119 cm³/mol. The molecule has 1 heteroatoms. The molecule has 1 aliphatic rings. The minimum absolute atomic E-state index is 0.230. The second-order valence-corrected chi connectivity index (χ2v) is 8.82. The minimum atomic E-state index is 0.230. The van der Waals surface area contributed by atoms with Crippen LogP contribution in [0.4, 0.5) is 0 Å². The Hall–Kier alpha value is -2.28. The van der Waals surface area contributed by atoms with E-state index in [2.05, 4.69) is 87.5 Å². The molecule has 0 aliphatic heterocycles. The van der Waals surface area contributed by atoms with Gasteiger partial charge in [0.15, 0.2) is 0 Å². The van der Waals surface area contributed by atoms with Crippen LogP contribution in [-0.2, 0) is 0 Å². The molecular weight excluding hydrogens is 340 g/mol. The molecule has 3 aromatic rings. The molecule has 0 amide bonds. The Labute approximate surface area is 169 Å². The highest BCUT2D eigenvalue weighted by atomic mass is 16.5. The van der Waals surface area contributed by atoms with E-state index in [0.717, 1.165) is 11.7 Å². The maximum Gasteiger partial charge on any atom is 0.119 e. The van der Waals surface area contributed by atoms with Crippen LogP contribution in [0.2, 0.25) is 0 Å². The summed E-state index contributed by atoms with van der Waals surface area (Å²) < 4.78 is 5.90. The highest BCUT2D eigenvalue weighted by Crippen LogP contribution is 2.43. The Morgan fingerprint density at radius 3 is 2.54 bits per heavy atom. The SMILES string of the molecule is CC(C)Oc1cccc([C@@H]2CC[C@H](C[C@H](C)c3cccc4ccccc34)C2)c1. The Kier molecular flexibility index (Phi) is 5.71. The van der Waals surface area contributed by atoms with Crippen molar-refractivity contribution >= 4 is 10.8 Å². The second-order valence-electron chi connectivity index (χ2n) is 8.82. The molecule has 28 heavy (non-hydrogen) atoms. The van der Waals surface area contributed by atoms with Crippen molar-refractivity contribution in [3.8, 4) is 5.75 Å². The minimum Gasteiger partial charge on any atom is -0.491 e. The number of hydrogen-bond donors (Lipinski definition) is 0. The maximum atomic E-state index is 5.90. The van der Waals surface area contributed by atoms with Crippen LogP contribution >= 0.6 is 0 Å². The van der Waals surface area contributed by atoms with Crippen LogP contribution in [0.1, 0.15) is 69.4 Å². The van der Waals surface area contributed by atoms with Crippen LogP contribution in [0.25, 0.3) is 10.8 Å². The zero-order valence-electron chi connectivity index (χ0n) is 17.4. The summed E-state index contributed by atoms with van der Waals surface area (Å²) in [6.07, 6.45) is 5.47. The maximum absolute atomic E-state index is 5.90. The van der Waals surface area contributed by atoms with E-state index in [-0.39, 0.29) is 6.10 Å².